The molecule has 2 saturated carbocycles. The van der Waals surface area contributed by atoms with Crippen LogP contribution >= 0.6 is 0 Å². The molecule has 4 aliphatic rings. The van der Waals surface area contributed by atoms with Gasteiger partial charge >= 0.3 is 0 Å². The molecule has 2 aromatic rings. The first-order valence-electron chi connectivity index (χ1n) is 13.8. The number of rotatable bonds is 4. The Morgan fingerprint density at radius 1 is 1.06 bits per heavy atom. The van der Waals surface area contributed by atoms with Gasteiger partial charge in [0.2, 0.25) is 6.33 Å². The highest BCUT2D eigenvalue weighted by Gasteiger charge is 2.58. The van der Waals surface area contributed by atoms with Gasteiger partial charge in [-0.1, -0.05) is 50.3 Å². The third-order valence-electron chi connectivity index (χ3n) is 10.6. The van der Waals surface area contributed by atoms with Gasteiger partial charge in [0.15, 0.2) is 11.0 Å². The Hall–Kier alpha value is -2.55. The highest BCUT2D eigenvalue weighted by molar-refractivity contribution is 5.77. The largest absolute Gasteiger partial charge is 0.352 e. The van der Waals surface area contributed by atoms with E-state index in [2.05, 4.69) is 103 Å². The fourth-order valence-corrected chi connectivity index (χ4v) is 8.77. The molecular weight excluding hydrogens is 426 g/mol. The number of hydrogen-bond donors (Lipinski definition) is 0. The van der Waals surface area contributed by atoms with Gasteiger partial charge in [0.05, 0.1) is 7.05 Å². The van der Waals surface area contributed by atoms with Crippen LogP contribution in [0, 0.1) is 28.6 Å². The van der Waals surface area contributed by atoms with E-state index < -0.39 is 0 Å². The lowest BCUT2D eigenvalue weighted by molar-refractivity contribution is -0.645. The lowest BCUT2D eigenvalue weighted by atomic mass is 9.47. The van der Waals surface area contributed by atoms with Crippen molar-refractivity contribution >= 4 is 16.7 Å². The van der Waals surface area contributed by atoms with Gasteiger partial charge in [0, 0.05) is 11.5 Å². The summed E-state index contributed by atoms with van der Waals surface area (Å²) >= 11 is 0. The molecule has 0 saturated heterocycles. The van der Waals surface area contributed by atoms with Crippen molar-refractivity contribution in [2.75, 3.05) is 0 Å². The minimum Gasteiger partial charge on any atom is -0.352 e. The van der Waals surface area contributed by atoms with Crippen LogP contribution in [0.15, 0.2) is 73.4 Å². The minimum atomic E-state index is 0.264. The van der Waals surface area contributed by atoms with Crippen LogP contribution in [0.1, 0.15) is 65.7 Å². The molecule has 4 aliphatic carbocycles. The Balaban J connectivity index is 1.29. The summed E-state index contributed by atoms with van der Waals surface area (Å²) in [6.07, 6.45) is 22.9. The summed E-state index contributed by atoms with van der Waals surface area (Å²) < 4.78 is 4.80. The number of nitrogens with zero attached hydrogens (tertiary/aromatic N) is 3. The summed E-state index contributed by atoms with van der Waals surface area (Å²) in [6, 6.07) is 9.43. The highest BCUT2D eigenvalue weighted by Crippen LogP contribution is 2.65. The predicted octanol–water partition coefficient (Wildman–Crippen LogP) is 7.23. The van der Waals surface area contributed by atoms with Crippen molar-refractivity contribution in [2.24, 2.45) is 35.6 Å². The van der Waals surface area contributed by atoms with Crippen LogP contribution < -0.4 is 4.57 Å². The lowest BCUT2D eigenvalue weighted by Crippen LogP contribution is -2.51. The third kappa shape index (κ3) is 3.26. The molecule has 6 atom stereocenters. The van der Waals surface area contributed by atoms with Gasteiger partial charge < -0.3 is 4.90 Å². The first kappa shape index (κ1) is 22.9. The average molecular weight is 469 g/mol. The van der Waals surface area contributed by atoms with Crippen molar-refractivity contribution in [3.8, 4) is 0 Å². The number of imidazole rings is 1. The maximum absolute atomic E-state index is 4.08. The van der Waals surface area contributed by atoms with E-state index in [1.165, 1.54) is 56.0 Å². The Morgan fingerprint density at radius 2 is 1.86 bits per heavy atom. The van der Waals surface area contributed by atoms with Crippen LogP contribution in [0.5, 0.6) is 0 Å². The fourth-order valence-electron chi connectivity index (χ4n) is 8.77. The van der Waals surface area contributed by atoms with Gasteiger partial charge in [-0.15, -0.1) is 0 Å². The summed E-state index contributed by atoms with van der Waals surface area (Å²) in [4.78, 5) is 2.35. The molecule has 0 aliphatic heterocycles. The number of fused-ring (bicyclic) bond motifs is 6. The Morgan fingerprint density at radius 3 is 2.66 bits per heavy atom. The lowest BCUT2D eigenvalue weighted by Gasteiger charge is -2.57. The van der Waals surface area contributed by atoms with E-state index in [4.69, 9.17) is 0 Å². The highest BCUT2D eigenvalue weighted by atomic mass is 15.1. The second kappa shape index (κ2) is 8.25. The average Bonchev–Trinajstić information content (AvgIpc) is 3.38. The van der Waals surface area contributed by atoms with Crippen LogP contribution in [0.25, 0.3) is 16.7 Å². The SMILES string of the molecule is C=CN(/C=C\C)[C@H]1CC[C@@]2(C)C(=CCC3C2CC[C@]2(C)C(n4c[n+](C)c5ccccc54)=CCC32)C1. The molecular formula is C32H42N3+. The zero-order chi connectivity index (χ0) is 24.4. The quantitative estimate of drug-likeness (QED) is 0.340. The molecule has 3 nitrogen and oxygen atoms in total. The van der Waals surface area contributed by atoms with E-state index in [9.17, 15) is 0 Å². The Bertz CT molecular complexity index is 1240. The Kier molecular flexibility index (Phi) is 5.39. The van der Waals surface area contributed by atoms with Crippen molar-refractivity contribution in [3.05, 3.63) is 73.4 Å². The summed E-state index contributed by atoms with van der Waals surface area (Å²) in [5.41, 5.74) is 6.59. The van der Waals surface area contributed by atoms with Crippen LogP contribution in [-0.4, -0.2) is 15.5 Å². The molecule has 1 heterocycles. The van der Waals surface area contributed by atoms with Gasteiger partial charge in [-0.05, 0) is 106 Å². The van der Waals surface area contributed by atoms with Crippen molar-refractivity contribution in [1.82, 2.24) is 9.47 Å². The van der Waals surface area contributed by atoms with Crippen molar-refractivity contribution in [1.29, 1.82) is 0 Å². The van der Waals surface area contributed by atoms with Crippen LogP contribution in [-0.2, 0) is 7.05 Å². The van der Waals surface area contributed by atoms with Gasteiger partial charge in [0.25, 0.3) is 0 Å². The van der Waals surface area contributed by atoms with Gasteiger partial charge in [-0.3, -0.25) is 0 Å². The molecule has 184 valence electrons. The zero-order valence-corrected chi connectivity index (χ0v) is 22.1. The van der Waals surface area contributed by atoms with E-state index in [1.807, 2.05) is 6.20 Å². The number of allylic oxidation sites excluding steroid dienone is 4. The molecule has 0 amide bonds. The minimum absolute atomic E-state index is 0.264. The summed E-state index contributed by atoms with van der Waals surface area (Å²) in [6.45, 7) is 11.4. The number of aryl methyl sites for hydroxylation is 1. The summed E-state index contributed by atoms with van der Waals surface area (Å²) in [7, 11) is 2.18. The second-order valence-corrected chi connectivity index (χ2v) is 12.1. The molecule has 2 fully saturated rings. The number of aromatic nitrogens is 2. The molecule has 0 spiro atoms. The fraction of sp³-hybridized carbons (Fsp3) is 0.531. The van der Waals surface area contributed by atoms with Crippen molar-refractivity contribution in [3.63, 3.8) is 0 Å². The van der Waals surface area contributed by atoms with Gasteiger partial charge in [-0.25, -0.2) is 4.57 Å². The molecule has 35 heavy (non-hydrogen) atoms. The molecule has 3 unspecified atom stereocenters. The summed E-state index contributed by atoms with van der Waals surface area (Å²) in [5, 5.41) is 0. The molecule has 1 aromatic carbocycles. The first-order chi connectivity index (χ1) is 16.9. The third-order valence-corrected chi connectivity index (χ3v) is 10.6. The molecule has 0 bridgehead atoms. The Labute approximate surface area is 211 Å². The first-order valence-corrected chi connectivity index (χ1v) is 13.8. The molecule has 6 rings (SSSR count). The maximum atomic E-state index is 4.08. The number of benzene rings is 1. The van der Waals surface area contributed by atoms with E-state index in [1.54, 1.807) is 11.3 Å². The number of para-hydroxylation sites is 2. The normalized spacial score (nSPS) is 36.3. The van der Waals surface area contributed by atoms with Crippen LogP contribution in [0.2, 0.25) is 0 Å². The van der Waals surface area contributed by atoms with Crippen LogP contribution in [0.3, 0.4) is 0 Å². The van der Waals surface area contributed by atoms with E-state index >= 15 is 0 Å². The molecule has 1 aromatic heterocycles. The molecule has 0 radical (unpaired) electrons. The standard InChI is InChI=1S/C32H42N3/c1-6-20-34(7-2)24-16-18-31(3)23(21-24)12-13-25-26-14-15-30(32(26,4)19-17-27(25)31)35-22-33(5)28-10-8-9-11-29(28)35/h6-12,15,20,22,24-27H,2,13-14,16-19,21H2,1,3-5H3/q+1/b20-6-/t24-,25?,26?,27?,31-,32-/m0/s1. The monoisotopic (exact) mass is 468 g/mol. The number of hydrogen-bond acceptors (Lipinski definition) is 1. The predicted molar refractivity (Wildman–Crippen MR) is 145 cm³/mol. The molecule has 3 heteroatoms. The van der Waals surface area contributed by atoms with Crippen molar-refractivity contribution < 1.29 is 4.57 Å². The van der Waals surface area contributed by atoms with E-state index in [-0.39, 0.29) is 5.41 Å². The van der Waals surface area contributed by atoms with E-state index in [0.717, 1.165) is 17.8 Å². The second-order valence-electron chi connectivity index (χ2n) is 12.1. The van der Waals surface area contributed by atoms with E-state index in [0.29, 0.717) is 11.5 Å². The zero-order valence-electron chi connectivity index (χ0n) is 22.1. The topological polar surface area (TPSA) is 12.1 Å². The maximum Gasteiger partial charge on any atom is 0.249 e. The smallest absolute Gasteiger partial charge is 0.249 e. The van der Waals surface area contributed by atoms with Crippen molar-refractivity contribution in [2.45, 2.75) is 71.8 Å². The molecule has 0 N–H and O–H groups in total. The van der Waals surface area contributed by atoms with Gasteiger partial charge in [-0.2, -0.15) is 4.57 Å². The summed E-state index contributed by atoms with van der Waals surface area (Å²) in [5.74, 6) is 2.38. The van der Waals surface area contributed by atoms with Crippen LogP contribution in [0.4, 0.5) is 0 Å². The van der Waals surface area contributed by atoms with Gasteiger partial charge in [0.1, 0.15) is 5.70 Å².